The Bertz CT molecular complexity index is 1110. The van der Waals surface area contributed by atoms with Crippen LogP contribution in [0.15, 0.2) is 39.6 Å². The maximum atomic E-state index is 13.3. The number of carbonyl (C=O) groups is 2. The van der Waals surface area contributed by atoms with Gasteiger partial charge in [-0.3, -0.25) is 9.59 Å². The van der Waals surface area contributed by atoms with E-state index in [2.05, 4.69) is 15.1 Å². The normalized spacial score (nSPS) is 16.2. The molecule has 3 heterocycles. The number of hydrogen-bond donors (Lipinski definition) is 0. The van der Waals surface area contributed by atoms with Crippen molar-refractivity contribution in [2.75, 3.05) is 19.6 Å². The summed E-state index contributed by atoms with van der Waals surface area (Å²) in [6.45, 7) is 6.81. The highest BCUT2D eigenvalue weighted by atomic mass is 16.5. The largest absolute Gasteiger partial charge is 0.443 e. The monoisotopic (exact) mass is 437 g/mol. The number of rotatable bonds is 6. The average Bonchev–Trinajstić information content (AvgIpc) is 3.42. The predicted molar refractivity (Wildman–Crippen MR) is 116 cm³/mol. The number of aryl methyl sites for hydroxylation is 2. The summed E-state index contributed by atoms with van der Waals surface area (Å²) in [5.74, 6) is 1.32. The van der Waals surface area contributed by atoms with Crippen LogP contribution in [0.25, 0.3) is 11.3 Å². The highest BCUT2D eigenvalue weighted by Crippen LogP contribution is 2.26. The molecule has 0 bridgehead atoms. The van der Waals surface area contributed by atoms with Crippen LogP contribution in [-0.2, 0) is 11.2 Å². The number of nitrogens with zero attached hydrogens (tertiary/aromatic N) is 5. The summed E-state index contributed by atoms with van der Waals surface area (Å²) in [6.07, 6.45) is 3.45. The van der Waals surface area contributed by atoms with Crippen molar-refractivity contribution >= 4 is 11.8 Å². The number of piperidine rings is 1. The Balaban J connectivity index is 1.48. The van der Waals surface area contributed by atoms with Gasteiger partial charge >= 0.3 is 0 Å². The van der Waals surface area contributed by atoms with E-state index in [4.69, 9.17) is 8.94 Å². The third-order valence-corrected chi connectivity index (χ3v) is 5.73. The van der Waals surface area contributed by atoms with Gasteiger partial charge < -0.3 is 18.7 Å². The summed E-state index contributed by atoms with van der Waals surface area (Å²) < 4.78 is 10.6. The average molecular weight is 438 g/mol. The molecule has 1 aliphatic rings. The highest BCUT2D eigenvalue weighted by Gasteiger charge is 2.32. The smallest absolute Gasteiger partial charge is 0.276 e. The molecule has 2 amide bonds. The molecule has 0 N–H and O–H groups in total. The van der Waals surface area contributed by atoms with E-state index in [-0.39, 0.29) is 17.9 Å². The molecule has 0 aliphatic carbocycles. The third-order valence-electron chi connectivity index (χ3n) is 5.73. The summed E-state index contributed by atoms with van der Waals surface area (Å²) >= 11 is 0. The SMILES string of the molecule is CC(=O)N(CCc1noc(C)n1)C1CCCN(C(=O)c2ncoc2-c2cccc(C)c2)C1. The first-order valence-electron chi connectivity index (χ1n) is 10.8. The Kier molecular flexibility index (Phi) is 6.34. The van der Waals surface area contributed by atoms with Crippen LogP contribution >= 0.6 is 0 Å². The first kappa shape index (κ1) is 21.7. The standard InChI is InChI=1S/C23H27N5O4/c1-15-6-4-7-18(12-15)22-21(24-14-31-22)23(30)27-10-5-8-19(13-27)28(17(3)29)11-9-20-25-16(2)32-26-20/h4,6-7,12,14,19H,5,8-11,13H2,1-3H3. The van der Waals surface area contributed by atoms with E-state index in [1.54, 1.807) is 23.6 Å². The Hall–Kier alpha value is -3.49. The van der Waals surface area contributed by atoms with Crippen molar-refractivity contribution in [2.24, 2.45) is 0 Å². The zero-order valence-corrected chi connectivity index (χ0v) is 18.6. The molecule has 3 aromatic rings. The second-order valence-electron chi connectivity index (χ2n) is 8.14. The van der Waals surface area contributed by atoms with Crippen LogP contribution in [-0.4, -0.2) is 62.4 Å². The number of hydrogen-bond acceptors (Lipinski definition) is 7. The molecule has 0 radical (unpaired) electrons. The molecule has 2 aromatic heterocycles. The van der Waals surface area contributed by atoms with E-state index in [1.807, 2.05) is 31.2 Å². The number of aromatic nitrogens is 3. The van der Waals surface area contributed by atoms with Crippen molar-refractivity contribution in [3.05, 3.63) is 53.6 Å². The topological polar surface area (TPSA) is 106 Å². The number of oxazole rings is 1. The summed E-state index contributed by atoms with van der Waals surface area (Å²) in [4.78, 5) is 37.7. The van der Waals surface area contributed by atoms with Gasteiger partial charge in [-0.15, -0.1) is 0 Å². The van der Waals surface area contributed by atoms with E-state index in [0.29, 0.717) is 49.2 Å². The molecule has 32 heavy (non-hydrogen) atoms. The Morgan fingerprint density at radius 1 is 1.28 bits per heavy atom. The van der Waals surface area contributed by atoms with E-state index in [1.165, 1.54) is 6.39 Å². The number of amides is 2. The molecular formula is C23H27N5O4. The van der Waals surface area contributed by atoms with Crippen molar-refractivity contribution < 1.29 is 18.5 Å². The summed E-state index contributed by atoms with van der Waals surface area (Å²) in [7, 11) is 0. The molecular weight excluding hydrogens is 410 g/mol. The van der Waals surface area contributed by atoms with Gasteiger partial charge in [0.1, 0.15) is 0 Å². The summed E-state index contributed by atoms with van der Waals surface area (Å²) in [5, 5.41) is 3.91. The van der Waals surface area contributed by atoms with Crippen molar-refractivity contribution in [3.8, 4) is 11.3 Å². The van der Waals surface area contributed by atoms with Crippen molar-refractivity contribution in [2.45, 2.75) is 46.1 Å². The molecule has 0 saturated carbocycles. The van der Waals surface area contributed by atoms with E-state index >= 15 is 0 Å². The molecule has 1 unspecified atom stereocenters. The van der Waals surface area contributed by atoms with Crippen LogP contribution in [0.4, 0.5) is 0 Å². The molecule has 1 aromatic carbocycles. The molecule has 1 aliphatic heterocycles. The fraction of sp³-hybridized carbons (Fsp3) is 0.435. The molecule has 168 valence electrons. The lowest BCUT2D eigenvalue weighted by atomic mass is 10.0. The van der Waals surface area contributed by atoms with Gasteiger partial charge in [-0.25, -0.2) is 4.98 Å². The molecule has 1 saturated heterocycles. The Labute approximate surface area is 186 Å². The quantitative estimate of drug-likeness (QED) is 0.583. The van der Waals surface area contributed by atoms with Crippen molar-refractivity contribution in [1.82, 2.24) is 24.9 Å². The van der Waals surface area contributed by atoms with E-state index < -0.39 is 0 Å². The Morgan fingerprint density at radius 2 is 2.12 bits per heavy atom. The number of benzene rings is 1. The van der Waals surface area contributed by atoms with Gasteiger partial charge in [-0.2, -0.15) is 4.98 Å². The molecule has 1 atom stereocenters. The third kappa shape index (κ3) is 4.71. The minimum absolute atomic E-state index is 0.0357. The summed E-state index contributed by atoms with van der Waals surface area (Å²) in [5.41, 5.74) is 2.19. The molecule has 9 nitrogen and oxygen atoms in total. The van der Waals surface area contributed by atoms with Gasteiger partial charge in [0, 0.05) is 51.5 Å². The van der Waals surface area contributed by atoms with Crippen LogP contribution in [0.2, 0.25) is 0 Å². The van der Waals surface area contributed by atoms with Crippen LogP contribution in [0.3, 0.4) is 0 Å². The summed E-state index contributed by atoms with van der Waals surface area (Å²) in [6, 6.07) is 7.71. The predicted octanol–water partition coefficient (Wildman–Crippen LogP) is 3.04. The lowest BCUT2D eigenvalue weighted by molar-refractivity contribution is -0.132. The fourth-order valence-corrected chi connectivity index (χ4v) is 4.19. The van der Waals surface area contributed by atoms with Crippen LogP contribution in [0.1, 0.15) is 47.5 Å². The van der Waals surface area contributed by atoms with Crippen molar-refractivity contribution in [3.63, 3.8) is 0 Å². The first-order valence-corrected chi connectivity index (χ1v) is 10.8. The molecule has 0 spiro atoms. The minimum atomic E-state index is -0.183. The lowest BCUT2D eigenvalue weighted by Crippen LogP contribution is -2.51. The van der Waals surface area contributed by atoms with E-state index in [9.17, 15) is 9.59 Å². The zero-order chi connectivity index (χ0) is 22.7. The second kappa shape index (κ2) is 9.33. The lowest BCUT2D eigenvalue weighted by Gasteiger charge is -2.38. The van der Waals surface area contributed by atoms with E-state index in [0.717, 1.165) is 24.0 Å². The zero-order valence-electron chi connectivity index (χ0n) is 18.6. The van der Waals surface area contributed by atoms with Crippen LogP contribution < -0.4 is 0 Å². The molecule has 4 rings (SSSR count). The van der Waals surface area contributed by atoms with Crippen LogP contribution in [0, 0.1) is 13.8 Å². The maximum absolute atomic E-state index is 13.3. The second-order valence-corrected chi connectivity index (χ2v) is 8.14. The van der Waals surface area contributed by atoms with Crippen molar-refractivity contribution in [1.29, 1.82) is 0 Å². The fourth-order valence-electron chi connectivity index (χ4n) is 4.19. The molecule has 9 heteroatoms. The van der Waals surface area contributed by atoms with Gasteiger partial charge in [0.15, 0.2) is 23.7 Å². The van der Waals surface area contributed by atoms with Gasteiger partial charge in [0.2, 0.25) is 11.8 Å². The maximum Gasteiger partial charge on any atom is 0.276 e. The number of carbonyl (C=O) groups excluding carboxylic acids is 2. The van der Waals surface area contributed by atoms with Gasteiger partial charge in [0.25, 0.3) is 5.91 Å². The van der Waals surface area contributed by atoms with Gasteiger partial charge in [-0.05, 0) is 25.8 Å². The first-order chi connectivity index (χ1) is 15.4. The van der Waals surface area contributed by atoms with Gasteiger partial charge in [0.05, 0.1) is 0 Å². The van der Waals surface area contributed by atoms with Gasteiger partial charge in [-0.1, -0.05) is 28.9 Å². The van der Waals surface area contributed by atoms with Crippen LogP contribution in [0.5, 0.6) is 0 Å². The minimum Gasteiger partial charge on any atom is -0.443 e. The highest BCUT2D eigenvalue weighted by molar-refractivity contribution is 5.97. The Morgan fingerprint density at radius 3 is 2.84 bits per heavy atom. The number of likely N-dealkylation sites (tertiary alicyclic amines) is 1. The molecule has 1 fully saturated rings.